The number of rotatable bonds is 12. The molecule has 3 fully saturated rings. The van der Waals surface area contributed by atoms with E-state index in [1.165, 1.54) is 6.08 Å². The molecular formula is C31H48N4O6. The lowest BCUT2D eigenvalue weighted by molar-refractivity contribution is -0.145. The average Bonchev–Trinajstić information content (AvgIpc) is 3.23. The van der Waals surface area contributed by atoms with Crippen molar-refractivity contribution in [3.05, 3.63) is 25.3 Å². The topological polar surface area (TPSA) is 134 Å². The number of ether oxygens (including phenoxy) is 1. The Labute approximate surface area is 244 Å². The van der Waals surface area contributed by atoms with Crippen molar-refractivity contribution in [2.75, 3.05) is 13.1 Å². The Morgan fingerprint density at radius 3 is 2.27 bits per heavy atom. The van der Waals surface area contributed by atoms with Crippen LogP contribution in [0, 0.1) is 23.2 Å². The minimum atomic E-state index is -1.06. The molecule has 0 spiro atoms. The van der Waals surface area contributed by atoms with Crippen LogP contribution in [0.1, 0.15) is 79.6 Å². The number of allylic oxidation sites excluding steroid dienone is 1. The molecule has 4 amide bonds. The number of nitrogens with zero attached hydrogens (tertiary/aromatic N) is 1. The van der Waals surface area contributed by atoms with E-state index in [9.17, 15) is 24.0 Å². The highest BCUT2D eigenvalue weighted by atomic mass is 16.6. The number of nitrogens with one attached hydrogen (secondary N) is 3. The number of carbonyl (C=O) groups is 5. The van der Waals surface area contributed by atoms with E-state index in [2.05, 4.69) is 43.0 Å². The summed E-state index contributed by atoms with van der Waals surface area (Å²) in [5.41, 5.74) is -0.878. The maximum Gasteiger partial charge on any atom is 0.408 e. The van der Waals surface area contributed by atoms with Gasteiger partial charge in [0.2, 0.25) is 17.6 Å². The van der Waals surface area contributed by atoms with Gasteiger partial charge in [0.15, 0.2) is 0 Å². The van der Waals surface area contributed by atoms with Crippen LogP contribution in [0.5, 0.6) is 0 Å². The van der Waals surface area contributed by atoms with Crippen molar-refractivity contribution < 1.29 is 28.7 Å². The normalized spacial score (nSPS) is 24.7. The van der Waals surface area contributed by atoms with Crippen molar-refractivity contribution in [2.45, 2.75) is 103 Å². The average molecular weight is 573 g/mol. The number of hydrogen-bond donors (Lipinski definition) is 3. The van der Waals surface area contributed by atoms with Gasteiger partial charge in [-0.3, -0.25) is 19.2 Å². The van der Waals surface area contributed by atoms with E-state index in [-0.39, 0.29) is 42.0 Å². The van der Waals surface area contributed by atoms with Crippen molar-refractivity contribution in [3.63, 3.8) is 0 Å². The lowest BCUT2D eigenvalue weighted by Gasteiger charge is -2.37. The fourth-order valence-corrected chi connectivity index (χ4v) is 6.50. The summed E-state index contributed by atoms with van der Waals surface area (Å²) in [5, 5.41) is 8.11. The van der Waals surface area contributed by atoms with Crippen LogP contribution in [0.15, 0.2) is 25.3 Å². The van der Waals surface area contributed by atoms with E-state index >= 15 is 0 Å². The monoisotopic (exact) mass is 572 g/mol. The molecule has 1 aliphatic heterocycles. The van der Waals surface area contributed by atoms with Gasteiger partial charge in [-0.1, -0.05) is 45.3 Å². The van der Waals surface area contributed by atoms with Crippen molar-refractivity contribution in [1.29, 1.82) is 0 Å². The van der Waals surface area contributed by atoms with E-state index in [0.717, 1.165) is 32.1 Å². The lowest BCUT2D eigenvalue weighted by atomic mass is 9.83. The minimum Gasteiger partial charge on any atom is -0.444 e. The molecule has 3 N–H and O–H groups in total. The Bertz CT molecular complexity index is 1040. The molecule has 41 heavy (non-hydrogen) atoms. The van der Waals surface area contributed by atoms with E-state index in [1.54, 1.807) is 31.7 Å². The van der Waals surface area contributed by atoms with Gasteiger partial charge in [-0.15, -0.1) is 13.2 Å². The second-order valence-electron chi connectivity index (χ2n) is 13.2. The number of Topliss-reactive ketones (excluding diaryl/α,β-unsaturated/α-hetero) is 1. The Kier molecular flexibility index (Phi) is 10.4. The van der Waals surface area contributed by atoms with Gasteiger partial charge in [0.25, 0.3) is 5.91 Å². The smallest absolute Gasteiger partial charge is 0.408 e. The Hall–Kier alpha value is -3.17. The molecule has 3 rings (SSSR count). The molecular weight excluding hydrogens is 524 g/mol. The maximum absolute atomic E-state index is 14.2. The second kappa shape index (κ2) is 13.2. The Morgan fingerprint density at radius 2 is 1.68 bits per heavy atom. The van der Waals surface area contributed by atoms with Crippen molar-refractivity contribution in [1.82, 2.24) is 20.9 Å². The minimum absolute atomic E-state index is 0.0621. The summed E-state index contributed by atoms with van der Waals surface area (Å²) in [5.74, 6) is -2.36. The fraction of sp³-hybridized carbons (Fsp3) is 0.710. The van der Waals surface area contributed by atoms with Crippen LogP contribution in [0.4, 0.5) is 4.79 Å². The van der Waals surface area contributed by atoms with Gasteiger partial charge in [-0.2, -0.15) is 0 Å². The molecule has 0 aromatic rings. The Morgan fingerprint density at radius 1 is 1.02 bits per heavy atom. The number of likely N-dealkylation sites (tertiary alicyclic amines) is 1. The fourth-order valence-electron chi connectivity index (χ4n) is 6.50. The quantitative estimate of drug-likeness (QED) is 0.243. The highest BCUT2D eigenvalue weighted by Gasteiger charge is 2.69. The maximum atomic E-state index is 14.2. The van der Waals surface area contributed by atoms with E-state index in [4.69, 9.17) is 4.74 Å². The van der Waals surface area contributed by atoms with Crippen LogP contribution < -0.4 is 16.0 Å². The summed E-state index contributed by atoms with van der Waals surface area (Å²) in [6.45, 7) is 17.2. The van der Waals surface area contributed by atoms with Crippen LogP contribution in [-0.4, -0.2) is 71.3 Å². The third-order valence-electron chi connectivity index (χ3n) is 8.74. The van der Waals surface area contributed by atoms with Crippen LogP contribution in [0.2, 0.25) is 0 Å². The molecule has 10 nitrogen and oxygen atoms in total. The third kappa shape index (κ3) is 7.77. The summed E-state index contributed by atoms with van der Waals surface area (Å²) in [6.07, 6.45) is 7.66. The molecule has 0 aromatic heterocycles. The first-order chi connectivity index (χ1) is 19.2. The van der Waals surface area contributed by atoms with Gasteiger partial charge in [0.1, 0.15) is 17.7 Å². The molecule has 3 aliphatic rings. The first-order valence-corrected chi connectivity index (χ1v) is 14.9. The number of carbonyl (C=O) groups excluding carboxylic acids is 5. The molecule has 0 bridgehead atoms. The molecule has 0 aromatic carbocycles. The van der Waals surface area contributed by atoms with Crippen LogP contribution >= 0.6 is 0 Å². The van der Waals surface area contributed by atoms with Crippen molar-refractivity contribution in [3.8, 4) is 0 Å². The zero-order chi connectivity index (χ0) is 30.5. The summed E-state index contributed by atoms with van der Waals surface area (Å²) in [7, 11) is 0. The summed E-state index contributed by atoms with van der Waals surface area (Å²) < 4.78 is 5.49. The second-order valence-corrected chi connectivity index (χ2v) is 13.2. The van der Waals surface area contributed by atoms with Crippen LogP contribution in [0.3, 0.4) is 0 Å². The predicted molar refractivity (Wildman–Crippen MR) is 156 cm³/mol. The van der Waals surface area contributed by atoms with E-state index < -0.39 is 47.4 Å². The van der Waals surface area contributed by atoms with Gasteiger partial charge < -0.3 is 25.6 Å². The first kappa shape index (κ1) is 32.3. The molecule has 2 saturated carbocycles. The largest absolute Gasteiger partial charge is 0.444 e. The highest BCUT2D eigenvalue weighted by Crippen LogP contribution is 2.65. The zero-order valence-electron chi connectivity index (χ0n) is 25.3. The highest BCUT2D eigenvalue weighted by molar-refractivity contribution is 6.38. The predicted octanol–water partition coefficient (Wildman–Crippen LogP) is 3.27. The molecule has 10 heteroatoms. The van der Waals surface area contributed by atoms with Gasteiger partial charge in [0, 0.05) is 13.1 Å². The number of amides is 4. The summed E-state index contributed by atoms with van der Waals surface area (Å²) >= 11 is 0. The molecule has 0 radical (unpaired) electrons. The SMILES string of the molecule is C=CCC[C@H](NC(=O)[C@@H]1[C@@H]2[C@H](CN1C(=O)[C@@H](NC(=O)OC(C)(C)C)C1CCCCC1)C2(C)C)C(=O)C(=O)NCC=C. The number of fused-ring (bicyclic) bond motifs is 1. The standard InChI is InChI=1S/C31H48N4O6/c1-8-10-16-21(25(36)27(38)32-17-9-2)33-26(37)24-22-20(31(22,6)7)18-35(24)28(39)23(19-14-12-11-13-15-19)34-29(40)41-30(3,4)5/h8-9,19-24H,1-2,10-18H2,3-7H3,(H,32,38)(H,33,37)(H,34,40)/t20-,21-,22-,23-,24-/m0/s1. The van der Waals surface area contributed by atoms with Crippen LogP contribution in [-0.2, 0) is 23.9 Å². The zero-order valence-corrected chi connectivity index (χ0v) is 25.3. The number of piperidine rings is 1. The molecule has 2 aliphatic carbocycles. The number of alkyl carbamates (subject to hydrolysis) is 1. The van der Waals surface area contributed by atoms with Gasteiger partial charge >= 0.3 is 6.09 Å². The first-order valence-electron chi connectivity index (χ1n) is 14.9. The van der Waals surface area contributed by atoms with Gasteiger partial charge in [0.05, 0.1) is 6.04 Å². The molecule has 0 unspecified atom stereocenters. The van der Waals surface area contributed by atoms with E-state index in [1.807, 2.05) is 0 Å². The van der Waals surface area contributed by atoms with Crippen molar-refractivity contribution >= 4 is 29.6 Å². The van der Waals surface area contributed by atoms with Crippen molar-refractivity contribution in [2.24, 2.45) is 23.2 Å². The third-order valence-corrected chi connectivity index (χ3v) is 8.74. The molecule has 1 saturated heterocycles. The Balaban J connectivity index is 1.85. The van der Waals surface area contributed by atoms with Gasteiger partial charge in [-0.25, -0.2) is 4.79 Å². The molecule has 5 atom stereocenters. The number of hydrogen-bond acceptors (Lipinski definition) is 6. The lowest BCUT2D eigenvalue weighted by Crippen LogP contribution is -2.59. The van der Waals surface area contributed by atoms with Gasteiger partial charge in [-0.05, 0) is 69.6 Å². The van der Waals surface area contributed by atoms with Crippen LogP contribution in [0.25, 0.3) is 0 Å². The molecule has 1 heterocycles. The summed E-state index contributed by atoms with van der Waals surface area (Å²) in [6, 6.07) is -2.69. The summed E-state index contributed by atoms with van der Waals surface area (Å²) in [4.78, 5) is 67.8. The number of ketones is 1. The van der Waals surface area contributed by atoms with E-state index in [0.29, 0.717) is 13.0 Å². The molecule has 228 valence electrons.